The van der Waals surface area contributed by atoms with Gasteiger partial charge in [0.05, 0.1) is 11.3 Å². The van der Waals surface area contributed by atoms with Crippen LogP contribution < -0.4 is 5.32 Å². The Balaban J connectivity index is 1.42. The van der Waals surface area contributed by atoms with E-state index in [1.807, 2.05) is 72.9 Å². The Kier molecular flexibility index (Phi) is 5.62. The molecule has 37 heavy (non-hydrogen) atoms. The highest BCUT2D eigenvalue weighted by Crippen LogP contribution is 2.36. The number of carbonyl (C=O) groups excluding carboxylic acids is 1. The fourth-order valence-corrected chi connectivity index (χ4v) is 4.50. The van der Waals surface area contributed by atoms with E-state index in [1.165, 1.54) is 12.1 Å². The van der Waals surface area contributed by atoms with E-state index in [2.05, 4.69) is 16.4 Å². The molecule has 0 saturated heterocycles. The molecular formula is C31H22FN3O2. The molecule has 0 atom stereocenters. The maximum absolute atomic E-state index is 13.5. The van der Waals surface area contributed by atoms with Gasteiger partial charge in [-0.2, -0.15) is 0 Å². The third-order valence-corrected chi connectivity index (χ3v) is 6.37. The average molecular weight is 488 g/mol. The highest BCUT2D eigenvalue weighted by molar-refractivity contribution is 6.11. The van der Waals surface area contributed by atoms with Crippen LogP contribution in [0.4, 0.5) is 4.39 Å². The summed E-state index contributed by atoms with van der Waals surface area (Å²) in [5.41, 5.74) is 6.41. The minimum absolute atomic E-state index is 0.270. The number of furan rings is 1. The van der Waals surface area contributed by atoms with Crippen LogP contribution in [-0.4, -0.2) is 22.9 Å². The Hall–Kier alpha value is -4.97. The molecule has 0 unspecified atom stereocenters. The molecule has 180 valence electrons. The van der Waals surface area contributed by atoms with Crippen LogP contribution in [0.25, 0.3) is 56.1 Å². The second-order valence-corrected chi connectivity index (χ2v) is 8.68. The van der Waals surface area contributed by atoms with Gasteiger partial charge in [0.25, 0.3) is 5.91 Å². The van der Waals surface area contributed by atoms with Gasteiger partial charge in [0.1, 0.15) is 23.0 Å². The van der Waals surface area contributed by atoms with Crippen LogP contribution in [0.5, 0.6) is 0 Å². The lowest BCUT2D eigenvalue weighted by atomic mass is 9.99. The van der Waals surface area contributed by atoms with Crippen LogP contribution in [0.15, 0.2) is 108 Å². The molecule has 0 aliphatic heterocycles. The van der Waals surface area contributed by atoms with E-state index in [1.54, 1.807) is 19.2 Å². The van der Waals surface area contributed by atoms with E-state index in [9.17, 15) is 9.18 Å². The third kappa shape index (κ3) is 4.19. The van der Waals surface area contributed by atoms with Crippen molar-refractivity contribution in [1.29, 1.82) is 0 Å². The first-order valence-corrected chi connectivity index (χ1v) is 11.9. The number of halogens is 1. The number of hydrogen-bond donors (Lipinski definition) is 2. The van der Waals surface area contributed by atoms with Gasteiger partial charge in [-0.05, 0) is 53.6 Å². The van der Waals surface area contributed by atoms with E-state index in [0.717, 1.165) is 33.8 Å². The van der Waals surface area contributed by atoms with Crippen molar-refractivity contribution in [2.45, 2.75) is 0 Å². The molecule has 0 saturated carbocycles. The fourth-order valence-electron chi connectivity index (χ4n) is 4.50. The van der Waals surface area contributed by atoms with E-state index >= 15 is 0 Å². The lowest BCUT2D eigenvalue weighted by Gasteiger charge is -2.06. The molecule has 0 fully saturated rings. The predicted octanol–water partition coefficient (Wildman–Crippen LogP) is 7.32. The van der Waals surface area contributed by atoms with Crippen molar-refractivity contribution in [2.24, 2.45) is 0 Å². The molecule has 2 aromatic heterocycles. The van der Waals surface area contributed by atoms with Crippen molar-refractivity contribution in [3.05, 3.63) is 115 Å². The lowest BCUT2D eigenvalue weighted by Crippen LogP contribution is -2.18. The zero-order valence-corrected chi connectivity index (χ0v) is 20.0. The molecular weight excluding hydrogens is 465 g/mol. The Bertz CT molecular complexity index is 1730. The van der Waals surface area contributed by atoms with Crippen LogP contribution >= 0.6 is 0 Å². The van der Waals surface area contributed by atoms with Gasteiger partial charge in [-0.3, -0.25) is 4.79 Å². The molecule has 2 heterocycles. The minimum Gasteiger partial charge on any atom is -0.455 e. The number of hydrogen-bond acceptors (Lipinski definition) is 3. The van der Waals surface area contributed by atoms with Crippen LogP contribution in [-0.2, 0) is 0 Å². The van der Waals surface area contributed by atoms with Crippen molar-refractivity contribution >= 4 is 16.9 Å². The summed E-state index contributed by atoms with van der Waals surface area (Å²) in [7, 11) is 1.58. The highest BCUT2D eigenvalue weighted by atomic mass is 19.1. The summed E-state index contributed by atoms with van der Waals surface area (Å²) in [6, 6.07) is 29.8. The quantitative estimate of drug-likeness (QED) is 0.268. The van der Waals surface area contributed by atoms with Gasteiger partial charge in [-0.1, -0.05) is 54.6 Å². The summed E-state index contributed by atoms with van der Waals surface area (Å²) < 4.78 is 19.6. The van der Waals surface area contributed by atoms with Gasteiger partial charge in [0.15, 0.2) is 0 Å². The van der Waals surface area contributed by atoms with Crippen molar-refractivity contribution in [3.63, 3.8) is 0 Å². The SMILES string of the molecule is CNC(=O)c1c(-c2ccc(F)cc2)oc2ccc(-c3cccc(-c4nc(-c5ccccc5)c[nH]4)c3)cc12. The van der Waals surface area contributed by atoms with Crippen LogP contribution in [0, 0.1) is 5.82 Å². The molecule has 0 aliphatic carbocycles. The normalized spacial score (nSPS) is 11.1. The smallest absolute Gasteiger partial charge is 0.255 e. The van der Waals surface area contributed by atoms with Gasteiger partial charge in [-0.25, -0.2) is 9.37 Å². The summed E-state index contributed by atoms with van der Waals surface area (Å²) in [6.07, 6.45) is 1.90. The molecule has 0 aliphatic rings. The first-order chi connectivity index (χ1) is 18.1. The Morgan fingerprint density at radius 1 is 0.811 bits per heavy atom. The molecule has 6 aromatic rings. The monoisotopic (exact) mass is 487 g/mol. The van der Waals surface area contributed by atoms with Crippen LogP contribution in [0.1, 0.15) is 10.4 Å². The van der Waals surface area contributed by atoms with E-state index in [-0.39, 0.29) is 11.7 Å². The van der Waals surface area contributed by atoms with E-state index in [4.69, 9.17) is 9.40 Å². The average Bonchev–Trinajstić information content (AvgIpc) is 3.59. The zero-order valence-electron chi connectivity index (χ0n) is 20.0. The molecule has 0 spiro atoms. The Labute approximate surface area is 212 Å². The summed E-state index contributed by atoms with van der Waals surface area (Å²) in [4.78, 5) is 21.0. The van der Waals surface area contributed by atoms with Gasteiger partial charge in [0.2, 0.25) is 0 Å². The lowest BCUT2D eigenvalue weighted by molar-refractivity contribution is 0.0964. The summed E-state index contributed by atoms with van der Waals surface area (Å²) in [6.45, 7) is 0. The van der Waals surface area contributed by atoms with Crippen LogP contribution in [0.3, 0.4) is 0 Å². The molecule has 0 radical (unpaired) electrons. The summed E-state index contributed by atoms with van der Waals surface area (Å²) >= 11 is 0. The van der Waals surface area contributed by atoms with E-state index in [0.29, 0.717) is 27.9 Å². The number of benzene rings is 4. The summed E-state index contributed by atoms with van der Waals surface area (Å²) in [5, 5.41) is 3.39. The van der Waals surface area contributed by atoms with E-state index < -0.39 is 0 Å². The van der Waals surface area contributed by atoms with Crippen LogP contribution in [0.2, 0.25) is 0 Å². The number of H-pyrrole nitrogens is 1. The van der Waals surface area contributed by atoms with Gasteiger partial charge >= 0.3 is 0 Å². The fraction of sp³-hybridized carbons (Fsp3) is 0.0323. The Morgan fingerprint density at radius 3 is 2.30 bits per heavy atom. The third-order valence-electron chi connectivity index (χ3n) is 6.37. The molecule has 4 aromatic carbocycles. The van der Waals surface area contributed by atoms with Crippen molar-refractivity contribution in [3.8, 4) is 45.1 Å². The predicted molar refractivity (Wildman–Crippen MR) is 143 cm³/mol. The Morgan fingerprint density at radius 2 is 1.51 bits per heavy atom. The molecule has 6 heteroatoms. The second-order valence-electron chi connectivity index (χ2n) is 8.68. The molecule has 1 amide bonds. The number of nitrogens with zero attached hydrogens (tertiary/aromatic N) is 1. The largest absolute Gasteiger partial charge is 0.455 e. The first kappa shape index (κ1) is 22.5. The molecule has 2 N–H and O–H groups in total. The van der Waals surface area contributed by atoms with Crippen molar-refractivity contribution < 1.29 is 13.6 Å². The van der Waals surface area contributed by atoms with Gasteiger partial charge < -0.3 is 14.7 Å². The van der Waals surface area contributed by atoms with Crippen molar-refractivity contribution in [2.75, 3.05) is 7.05 Å². The number of nitrogens with one attached hydrogen (secondary N) is 2. The molecule has 6 rings (SSSR count). The maximum atomic E-state index is 13.5. The number of carbonyl (C=O) groups is 1. The number of fused-ring (bicyclic) bond motifs is 1. The number of aromatic nitrogens is 2. The molecule has 5 nitrogen and oxygen atoms in total. The highest BCUT2D eigenvalue weighted by Gasteiger charge is 2.22. The maximum Gasteiger partial charge on any atom is 0.255 e. The second kappa shape index (κ2) is 9.24. The number of rotatable bonds is 5. The minimum atomic E-state index is -0.351. The van der Waals surface area contributed by atoms with Gasteiger partial charge in [-0.15, -0.1) is 0 Å². The topological polar surface area (TPSA) is 70.9 Å². The number of aromatic amines is 1. The standard InChI is InChI=1S/C31H22FN3O2/c1-33-31(36)28-25-17-22(12-15-27(25)37-29(28)20-10-13-24(32)14-11-20)21-8-5-9-23(16-21)30-34-18-26(35-30)19-6-3-2-4-7-19/h2-18H,1H3,(H,33,36)(H,34,35). The number of imidazole rings is 1. The number of amides is 1. The van der Waals surface area contributed by atoms with Crippen molar-refractivity contribution in [1.82, 2.24) is 15.3 Å². The first-order valence-electron chi connectivity index (χ1n) is 11.9. The molecule has 0 bridgehead atoms. The van der Waals surface area contributed by atoms with Gasteiger partial charge in [0, 0.05) is 35.3 Å². The summed E-state index contributed by atoms with van der Waals surface area (Å²) in [5.74, 6) is 0.558. The zero-order chi connectivity index (χ0) is 25.4.